The van der Waals surface area contributed by atoms with Crippen LogP contribution in [0.1, 0.15) is 0 Å². The summed E-state index contributed by atoms with van der Waals surface area (Å²) in [7, 11) is 0. The van der Waals surface area contributed by atoms with E-state index in [2.05, 4.69) is 0 Å². The Morgan fingerprint density at radius 1 is 1.60 bits per heavy atom. The molecule has 0 amide bonds. The molecule has 0 aromatic rings. The van der Waals surface area contributed by atoms with E-state index >= 15 is 0 Å². The minimum Gasteiger partial charge on any atom is -0.219 e. The molecule has 0 fully saturated rings. The van der Waals surface area contributed by atoms with E-state index in [1.807, 2.05) is 0 Å². The fourth-order valence-corrected chi connectivity index (χ4v) is 0.944. The summed E-state index contributed by atoms with van der Waals surface area (Å²) in [5, 5.41) is -3.68. The van der Waals surface area contributed by atoms with E-state index in [0.29, 0.717) is 0 Å². The first-order valence-electron chi connectivity index (χ1n) is 2.61. The number of hydrogen-bond donors (Lipinski definition) is 0. The van der Waals surface area contributed by atoms with Gasteiger partial charge in [0.2, 0.25) is 5.13 Å². The molecule has 0 aliphatic heterocycles. The topological polar surface area (TPSA) is 0 Å². The van der Waals surface area contributed by atoms with Crippen LogP contribution in [-0.4, -0.2) is 10.5 Å². The van der Waals surface area contributed by atoms with Crippen LogP contribution in [-0.2, 0) is 0 Å². The standard InChI is InChI=1S/C6H4Cl2F2/c7-5-4(9)2-1-3-6(5,8)10/h1-3,5H. The second-order valence-corrected chi connectivity index (χ2v) is 2.96. The molecule has 56 valence electrons. The van der Waals surface area contributed by atoms with Crippen LogP contribution in [0.3, 0.4) is 0 Å². The number of halogens is 4. The van der Waals surface area contributed by atoms with Crippen LogP contribution in [0.25, 0.3) is 0 Å². The molecule has 0 saturated carbocycles. The molecule has 4 heteroatoms. The lowest BCUT2D eigenvalue weighted by atomic mass is 10.1. The SMILES string of the molecule is FC1=CC=CC(F)(Cl)C1Cl. The summed E-state index contributed by atoms with van der Waals surface area (Å²) in [4.78, 5) is 0. The summed E-state index contributed by atoms with van der Waals surface area (Å²) in [5.74, 6) is -0.748. The van der Waals surface area contributed by atoms with Crippen LogP contribution >= 0.6 is 23.2 Å². The average molecular weight is 185 g/mol. The van der Waals surface area contributed by atoms with Gasteiger partial charge in [-0.15, -0.1) is 11.6 Å². The maximum absolute atomic E-state index is 12.8. The van der Waals surface area contributed by atoms with Crippen LogP contribution in [0.15, 0.2) is 24.1 Å². The minimum absolute atomic E-state index is 0.748. The lowest BCUT2D eigenvalue weighted by Crippen LogP contribution is -2.27. The summed E-state index contributed by atoms with van der Waals surface area (Å²) < 4.78 is 25.2. The van der Waals surface area contributed by atoms with Crippen molar-refractivity contribution in [1.29, 1.82) is 0 Å². The second-order valence-electron chi connectivity index (χ2n) is 1.95. The van der Waals surface area contributed by atoms with Gasteiger partial charge in [-0.1, -0.05) is 17.7 Å². The van der Waals surface area contributed by atoms with Crippen LogP contribution in [0.5, 0.6) is 0 Å². The van der Waals surface area contributed by atoms with E-state index in [0.717, 1.165) is 12.2 Å². The van der Waals surface area contributed by atoms with Gasteiger partial charge in [-0.25, -0.2) is 8.78 Å². The van der Waals surface area contributed by atoms with E-state index in [9.17, 15) is 8.78 Å². The van der Waals surface area contributed by atoms with Crippen molar-refractivity contribution in [2.45, 2.75) is 10.5 Å². The fraction of sp³-hybridized carbons (Fsp3) is 0.333. The number of allylic oxidation sites excluding steroid dienone is 4. The Kier molecular flexibility index (Phi) is 2.02. The predicted molar refractivity (Wildman–Crippen MR) is 37.7 cm³/mol. The maximum Gasteiger partial charge on any atom is 0.224 e. The fourth-order valence-electron chi connectivity index (χ4n) is 0.621. The Morgan fingerprint density at radius 3 is 2.60 bits per heavy atom. The third-order valence-electron chi connectivity index (χ3n) is 1.15. The van der Waals surface area contributed by atoms with Crippen LogP contribution < -0.4 is 0 Å². The highest BCUT2D eigenvalue weighted by Gasteiger charge is 2.37. The summed E-state index contributed by atoms with van der Waals surface area (Å²) in [5.41, 5.74) is 0. The highest BCUT2D eigenvalue weighted by Crippen LogP contribution is 2.35. The lowest BCUT2D eigenvalue weighted by Gasteiger charge is -2.20. The minimum atomic E-state index is -2.28. The van der Waals surface area contributed by atoms with E-state index < -0.39 is 16.3 Å². The van der Waals surface area contributed by atoms with Crippen molar-refractivity contribution < 1.29 is 8.78 Å². The van der Waals surface area contributed by atoms with E-state index in [-0.39, 0.29) is 0 Å². The Labute approximate surface area is 67.1 Å². The molecule has 2 unspecified atom stereocenters. The summed E-state index contributed by atoms with van der Waals surface area (Å²) in [6, 6.07) is 0. The van der Waals surface area contributed by atoms with Gasteiger partial charge in [-0.2, -0.15) is 0 Å². The normalized spacial score (nSPS) is 39.6. The lowest BCUT2D eigenvalue weighted by molar-refractivity contribution is 0.325. The molecule has 1 aliphatic rings. The van der Waals surface area contributed by atoms with Crippen molar-refractivity contribution in [3.63, 3.8) is 0 Å². The molecule has 0 heterocycles. The molecular formula is C6H4Cl2F2. The zero-order valence-corrected chi connectivity index (χ0v) is 6.33. The van der Waals surface area contributed by atoms with Crippen molar-refractivity contribution in [3.8, 4) is 0 Å². The van der Waals surface area contributed by atoms with E-state index in [1.165, 1.54) is 6.08 Å². The van der Waals surface area contributed by atoms with Crippen molar-refractivity contribution in [2.24, 2.45) is 0 Å². The van der Waals surface area contributed by atoms with Crippen LogP contribution in [0, 0.1) is 0 Å². The Balaban J connectivity index is 2.89. The molecule has 0 aromatic carbocycles. The number of hydrogen-bond acceptors (Lipinski definition) is 0. The van der Waals surface area contributed by atoms with E-state index in [4.69, 9.17) is 23.2 Å². The molecule has 2 atom stereocenters. The molecule has 0 radical (unpaired) electrons. The van der Waals surface area contributed by atoms with Gasteiger partial charge in [-0.3, -0.25) is 0 Å². The van der Waals surface area contributed by atoms with E-state index in [1.54, 1.807) is 0 Å². The van der Waals surface area contributed by atoms with Gasteiger partial charge in [0.15, 0.2) is 0 Å². The van der Waals surface area contributed by atoms with Gasteiger partial charge in [0, 0.05) is 0 Å². The van der Waals surface area contributed by atoms with Gasteiger partial charge in [0.25, 0.3) is 0 Å². The highest BCUT2D eigenvalue weighted by atomic mass is 35.5. The predicted octanol–water partition coefficient (Wildman–Crippen LogP) is 2.92. The number of rotatable bonds is 0. The van der Waals surface area contributed by atoms with Gasteiger partial charge in [-0.05, 0) is 12.2 Å². The summed E-state index contributed by atoms with van der Waals surface area (Å²) in [6.45, 7) is 0. The smallest absolute Gasteiger partial charge is 0.219 e. The third kappa shape index (κ3) is 1.32. The monoisotopic (exact) mass is 184 g/mol. The van der Waals surface area contributed by atoms with Gasteiger partial charge < -0.3 is 0 Å². The first-order valence-corrected chi connectivity index (χ1v) is 3.42. The van der Waals surface area contributed by atoms with Crippen molar-refractivity contribution >= 4 is 23.2 Å². The molecule has 0 bridgehead atoms. The molecular weight excluding hydrogens is 181 g/mol. The second kappa shape index (κ2) is 2.51. The zero-order chi connectivity index (χ0) is 7.78. The molecule has 0 nitrogen and oxygen atoms in total. The largest absolute Gasteiger partial charge is 0.224 e. The van der Waals surface area contributed by atoms with Crippen molar-refractivity contribution in [3.05, 3.63) is 24.1 Å². The van der Waals surface area contributed by atoms with Gasteiger partial charge in [0.05, 0.1) is 0 Å². The molecule has 0 N–H and O–H groups in total. The first kappa shape index (κ1) is 8.02. The first-order chi connectivity index (χ1) is 4.54. The molecule has 1 rings (SSSR count). The average Bonchev–Trinajstić information content (AvgIpc) is 1.83. The van der Waals surface area contributed by atoms with Crippen molar-refractivity contribution in [1.82, 2.24) is 0 Å². The van der Waals surface area contributed by atoms with Gasteiger partial charge >= 0.3 is 0 Å². The molecule has 10 heavy (non-hydrogen) atoms. The third-order valence-corrected chi connectivity index (χ3v) is 2.14. The van der Waals surface area contributed by atoms with Gasteiger partial charge in [0.1, 0.15) is 11.2 Å². The van der Waals surface area contributed by atoms with Crippen LogP contribution in [0.4, 0.5) is 8.78 Å². The Morgan fingerprint density at radius 2 is 2.20 bits per heavy atom. The van der Waals surface area contributed by atoms with Crippen molar-refractivity contribution in [2.75, 3.05) is 0 Å². The Bertz CT molecular complexity index is 196. The summed E-state index contributed by atoms with van der Waals surface area (Å²) >= 11 is 10.4. The highest BCUT2D eigenvalue weighted by molar-refractivity contribution is 6.33. The molecule has 0 saturated heterocycles. The maximum atomic E-state index is 12.8. The molecule has 1 aliphatic carbocycles. The molecule has 0 aromatic heterocycles. The Hall–Kier alpha value is -0.0800. The number of alkyl halides is 3. The zero-order valence-electron chi connectivity index (χ0n) is 4.82. The van der Waals surface area contributed by atoms with Crippen LogP contribution in [0.2, 0.25) is 0 Å². The quantitative estimate of drug-likeness (QED) is 0.509. The molecule has 0 spiro atoms. The summed E-state index contributed by atoms with van der Waals surface area (Å²) in [6.07, 6.45) is 3.29.